The average Bonchev–Trinajstić information content (AvgIpc) is 3.21. The highest BCUT2D eigenvalue weighted by atomic mass is 127. The van der Waals surface area contributed by atoms with Gasteiger partial charge in [0, 0.05) is 32.7 Å². The van der Waals surface area contributed by atoms with Gasteiger partial charge in [0.1, 0.15) is 0 Å². The Balaban J connectivity index is 0.00000280. The maximum absolute atomic E-state index is 9.62. The lowest BCUT2D eigenvalue weighted by molar-refractivity contribution is 0.0792. The van der Waals surface area contributed by atoms with Gasteiger partial charge in [-0.3, -0.25) is 4.90 Å². The molecular formula is C21H31IN4OS. The highest BCUT2D eigenvalue weighted by molar-refractivity contribution is 14.0. The molecule has 0 radical (unpaired) electrons. The third-order valence-corrected chi connectivity index (χ3v) is 5.52. The number of hydrogen-bond acceptors (Lipinski definition) is 4. The van der Waals surface area contributed by atoms with Gasteiger partial charge in [-0.05, 0) is 53.3 Å². The van der Waals surface area contributed by atoms with Gasteiger partial charge < -0.3 is 15.7 Å². The van der Waals surface area contributed by atoms with E-state index in [4.69, 9.17) is 0 Å². The fourth-order valence-electron chi connectivity index (χ4n) is 3.18. The molecule has 0 amide bonds. The molecule has 1 fully saturated rings. The summed E-state index contributed by atoms with van der Waals surface area (Å²) in [7, 11) is 0. The Hall–Kier alpha value is -1.16. The van der Waals surface area contributed by atoms with Crippen LogP contribution >= 0.6 is 35.3 Å². The van der Waals surface area contributed by atoms with Gasteiger partial charge >= 0.3 is 0 Å². The van der Waals surface area contributed by atoms with Crippen LogP contribution in [0.25, 0.3) is 0 Å². The molecule has 28 heavy (non-hydrogen) atoms. The Morgan fingerprint density at radius 3 is 2.46 bits per heavy atom. The molecule has 3 N–H and O–H groups in total. The molecule has 3 rings (SSSR count). The van der Waals surface area contributed by atoms with Gasteiger partial charge in [-0.25, -0.2) is 4.99 Å². The summed E-state index contributed by atoms with van der Waals surface area (Å²) in [6.45, 7) is 7.31. The van der Waals surface area contributed by atoms with Crippen LogP contribution in [0.1, 0.15) is 36.5 Å². The fraction of sp³-hybridized carbons (Fsp3) is 0.476. The fourth-order valence-corrected chi connectivity index (χ4v) is 3.84. The van der Waals surface area contributed by atoms with Crippen LogP contribution in [-0.2, 0) is 19.6 Å². The zero-order valence-corrected chi connectivity index (χ0v) is 19.6. The van der Waals surface area contributed by atoms with Crippen molar-refractivity contribution in [2.45, 2.75) is 45.5 Å². The zero-order chi connectivity index (χ0) is 18.9. The summed E-state index contributed by atoms with van der Waals surface area (Å²) in [6, 6.07) is 10.9. The molecule has 154 valence electrons. The lowest BCUT2D eigenvalue weighted by atomic mass is 10.1. The van der Waals surface area contributed by atoms with Crippen molar-refractivity contribution in [3.05, 3.63) is 57.8 Å². The summed E-state index contributed by atoms with van der Waals surface area (Å²) in [5.41, 5.74) is 3.81. The highest BCUT2D eigenvalue weighted by Crippen LogP contribution is 2.14. The average molecular weight is 514 g/mol. The van der Waals surface area contributed by atoms with E-state index in [1.807, 2.05) is 0 Å². The molecule has 0 atom stereocenters. The maximum atomic E-state index is 9.62. The Morgan fingerprint density at radius 1 is 1.11 bits per heavy atom. The second-order valence-electron chi connectivity index (χ2n) is 7.00. The summed E-state index contributed by atoms with van der Waals surface area (Å²) in [4.78, 5) is 7.06. The number of nitrogens with zero attached hydrogens (tertiary/aromatic N) is 2. The highest BCUT2D eigenvalue weighted by Gasteiger charge is 2.16. The first kappa shape index (κ1) is 23.1. The standard InChI is InChI=1S/C21H30N4OS.HI/c1-2-22-21(24-14-19-9-12-27-16-19)23-13-17-3-5-18(6-4-17)15-25-10-7-20(26)8-11-25;/h3-6,9,12,16,20,26H,2,7-8,10-11,13-15H2,1H3,(H2,22,23,24);1H. The number of halogens is 1. The van der Waals surface area contributed by atoms with Crippen LogP contribution < -0.4 is 10.6 Å². The minimum atomic E-state index is -0.109. The van der Waals surface area contributed by atoms with Crippen LogP contribution in [0.2, 0.25) is 0 Å². The van der Waals surface area contributed by atoms with Crippen molar-refractivity contribution in [3.63, 3.8) is 0 Å². The van der Waals surface area contributed by atoms with Crippen LogP contribution in [-0.4, -0.2) is 41.7 Å². The van der Waals surface area contributed by atoms with Crippen LogP contribution in [0.5, 0.6) is 0 Å². The van der Waals surface area contributed by atoms with Gasteiger partial charge in [0.15, 0.2) is 5.96 Å². The zero-order valence-electron chi connectivity index (χ0n) is 16.4. The molecule has 1 aliphatic rings. The van der Waals surface area contributed by atoms with Crippen molar-refractivity contribution in [2.75, 3.05) is 19.6 Å². The lowest BCUT2D eigenvalue weighted by Gasteiger charge is -2.29. The number of hydrogen-bond donors (Lipinski definition) is 3. The van der Waals surface area contributed by atoms with Crippen molar-refractivity contribution in [1.29, 1.82) is 0 Å². The van der Waals surface area contributed by atoms with E-state index in [1.54, 1.807) is 11.3 Å². The molecule has 1 aromatic carbocycles. The number of piperidine rings is 1. The minimum Gasteiger partial charge on any atom is -0.393 e. The van der Waals surface area contributed by atoms with E-state index in [-0.39, 0.29) is 30.1 Å². The Bertz CT molecular complexity index is 698. The molecular weight excluding hydrogens is 483 g/mol. The number of aliphatic hydroxyl groups is 1. The molecule has 7 heteroatoms. The Labute approximate surface area is 189 Å². The van der Waals surface area contributed by atoms with Crippen molar-refractivity contribution < 1.29 is 5.11 Å². The smallest absolute Gasteiger partial charge is 0.191 e. The third-order valence-electron chi connectivity index (χ3n) is 4.79. The number of nitrogens with one attached hydrogen (secondary N) is 2. The van der Waals surface area contributed by atoms with Gasteiger partial charge in [-0.1, -0.05) is 24.3 Å². The van der Waals surface area contributed by atoms with Crippen molar-refractivity contribution in [2.24, 2.45) is 4.99 Å². The number of thiophene rings is 1. The van der Waals surface area contributed by atoms with Gasteiger partial charge in [0.25, 0.3) is 0 Å². The second kappa shape index (κ2) is 12.4. The van der Waals surface area contributed by atoms with Crippen molar-refractivity contribution in [3.8, 4) is 0 Å². The van der Waals surface area contributed by atoms with E-state index in [2.05, 4.69) is 68.5 Å². The topological polar surface area (TPSA) is 59.9 Å². The van der Waals surface area contributed by atoms with E-state index in [0.29, 0.717) is 6.54 Å². The summed E-state index contributed by atoms with van der Waals surface area (Å²) in [6.07, 6.45) is 1.67. The molecule has 0 aliphatic carbocycles. The van der Waals surface area contributed by atoms with E-state index in [1.165, 1.54) is 16.7 Å². The number of aliphatic imine (C=N–C) groups is 1. The molecule has 1 aliphatic heterocycles. The SMILES string of the molecule is CCNC(=NCc1ccsc1)NCc1ccc(CN2CCC(O)CC2)cc1.I. The lowest BCUT2D eigenvalue weighted by Crippen LogP contribution is -2.36. The maximum Gasteiger partial charge on any atom is 0.191 e. The minimum absolute atomic E-state index is 0. The first-order chi connectivity index (χ1) is 13.2. The summed E-state index contributed by atoms with van der Waals surface area (Å²) in [5.74, 6) is 0.847. The third kappa shape index (κ3) is 7.69. The summed E-state index contributed by atoms with van der Waals surface area (Å²) < 4.78 is 0. The largest absolute Gasteiger partial charge is 0.393 e. The molecule has 0 spiro atoms. The normalized spacial score (nSPS) is 15.9. The van der Waals surface area contributed by atoms with E-state index >= 15 is 0 Å². The van der Waals surface area contributed by atoms with Crippen LogP contribution in [0.15, 0.2) is 46.1 Å². The van der Waals surface area contributed by atoms with E-state index in [9.17, 15) is 5.11 Å². The number of aliphatic hydroxyl groups excluding tert-OH is 1. The molecule has 1 aromatic heterocycles. The number of guanidine groups is 1. The molecule has 2 heterocycles. The molecule has 2 aromatic rings. The Morgan fingerprint density at radius 2 is 1.82 bits per heavy atom. The second-order valence-corrected chi connectivity index (χ2v) is 7.78. The summed E-state index contributed by atoms with van der Waals surface area (Å²) in [5, 5.41) is 20.5. The predicted molar refractivity (Wildman–Crippen MR) is 128 cm³/mol. The van der Waals surface area contributed by atoms with Gasteiger partial charge in [0.2, 0.25) is 0 Å². The van der Waals surface area contributed by atoms with Gasteiger partial charge in [-0.15, -0.1) is 24.0 Å². The van der Waals surface area contributed by atoms with E-state index < -0.39 is 0 Å². The Kier molecular flexibility index (Phi) is 10.3. The first-order valence-corrected chi connectivity index (χ1v) is 10.7. The quantitative estimate of drug-likeness (QED) is 0.301. The van der Waals surface area contributed by atoms with Crippen molar-refractivity contribution >= 4 is 41.3 Å². The molecule has 0 unspecified atom stereocenters. The van der Waals surface area contributed by atoms with Crippen LogP contribution in [0.4, 0.5) is 0 Å². The first-order valence-electron chi connectivity index (χ1n) is 9.74. The van der Waals surface area contributed by atoms with Crippen LogP contribution in [0, 0.1) is 0 Å². The van der Waals surface area contributed by atoms with Gasteiger partial charge in [-0.2, -0.15) is 11.3 Å². The van der Waals surface area contributed by atoms with Gasteiger partial charge in [0.05, 0.1) is 12.6 Å². The molecule has 1 saturated heterocycles. The monoisotopic (exact) mass is 514 g/mol. The summed E-state index contributed by atoms with van der Waals surface area (Å²) >= 11 is 1.70. The van der Waals surface area contributed by atoms with Crippen molar-refractivity contribution in [1.82, 2.24) is 15.5 Å². The molecule has 0 bridgehead atoms. The number of benzene rings is 1. The van der Waals surface area contributed by atoms with E-state index in [0.717, 1.165) is 51.5 Å². The molecule has 0 saturated carbocycles. The number of likely N-dealkylation sites (tertiary alicyclic amines) is 1. The number of rotatable bonds is 7. The predicted octanol–water partition coefficient (Wildman–Crippen LogP) is 3.58. The molecule has 5 nitrogen and oxygen atoms in total. The van der Waals surface area contributed by atoms with Crippen LogP contribution in [0.3, 0.4) is 0 Å².